The molecule has 356 valence electrons. The lowest BCUT2D eigenvalue weighted by Gasteiger charge is -2.39. The lowest BCUT2D eigenvalue weighted by Crippen LogP contribution is -2.47. The molecule has 0 spiro atoms. The molecule has 4 aliphatic rings. The topological polar surface area (TPSA) is 119 Å². The van der Waals surface area contributed by atoms with E-state index in [0.29, 0.717) is 50.7 Å². The molecule has 3 fully saturated rings. The third-order valence-corrected chi connectivity index (χ3v) is 17.8. The Morgan fingerprint density at radius 3 is 2.18 bits per heavy atom. The van der Waals surface area contributed by atoms with Crippen molar-refractivity contribution in [1.82, 2.24) is 14.5 Å². The van der Waals surface area contributed by atoms with Crippen LogP contribution in [0.1, 0.15) is 82.5 Å². The minimum absolute atomic E-state index is 0.0270. The van der Waals surface area contributed by atoms with E-state index in [0.717, 1.165) is 87.5 Å². The Morgan fingerprint density at radius 2 is 1.57 bits per heavy atom. The normalized spacial score (nSPS) is 22.6. The highest BCUT2D eigenvalue weighted by atomic mass is 32.2. The predicted molar refractivity (Wildman–Crippen MR) is 246 cm³/mol. The molecule has 18 heteroatoms. The monoisotopic (exact) mass is 965 g/mol. The van der Waals surface area contributed by atoms with Gasteiger partial charge in [0.2, 0.25) is 6.43 Å². The first kappa shape index (κ1) is 49.2. The van der Waals surface area contributed by atoms with Crippen molar-refractivity contribution in [1.29, 1.82) is 0 Å². The summed E-state index contributed by atoms with van der Waals surface area (Å²) in [6.45, 7) is 12.3. The molecule has 2 N–H and O–H groups in total. The maximum Gasteiger partial charge on any atom is 0.501 e. The van der Waals surface area contributed by atoms with Gasteiger partial charge in [0, 0.05) is 72.6 Å². The molecule has 1 saturated carbocycles. The second kappa shape index (κ2) is 19.9. The van der Waals surface area contributed by atoms with Gasteiger partial charge in [-0.25, -0.2) is 30.3 Å². The van der Waals surface area contributed by atoms with Gasteiger partial charge >= 0.3 is 5.51 Å². The number of nitrogens with zero attached hydrogens (tertiary/aromatic N) is 3. The molecule has 0 bridgehead atoms. The van der Waals surface area contributed by atoms with E-state index >= 15 is 0 Å². The van der Waals surface area contributed by atoms with Crippen LogP contribution in [0.3, 0.4) is 0 Å². The van der Waals surface area contributed by atoms with Crippen LogP contribution in [0, 0.1) is 16.7 Å². The molecular weight excluding hydrogens is 906 g/mol. The highest BCUT2D eigenvalue weighted by Crippen LogP contribution is 2.65. The van der Waals surface area contributed by atoms with Crippen LogP contribution in [0.4, 0.5) is 33.3 Å². The van der Waals surface area contributed by atoms with Crippen LogP contribution in [0.15, 0.2) is 98.6 Å². The lowest BCUT2D eigenvalue weighted by molar-refractivity contribution is -0.0435. The number of rotatable bonds is 18. The van der Waals surface area contributed by atoms with Crippen LogP contribution in [0.2, 0.25) is 0 Å². The second-order valence-electron chi connectivity index (χ2n) is 18.8. The maximum absolute atomic E-state index is 14.2. The Morgan fingerprint density at radius 1 is 0.892 bits per heavy atom. The van der Waals surface area contributed by atoms with E-state index in [1.165, 1.54) is 35.0 Å². The van der Waals surface area contributed by atoms with Gasteiger partial charge in [-0.1, -0.05) is 50.1 Å². The number of sulfonamides is 1. The van der Waals surface area contributed by atoms with E-state index in [1.54, 1.807) is 12.1 Å². The van der Waals surface area contributed by atoms with Crippen LogP contribution in [-0.4, -0.2) is 109 Å². The van der Waals surface area contributed by atoms with E-state index in [4.69, 9.17) is 0 Å². The zero-order valence-electron chi connectivity index (χ0n) is 37.2. The lowest BCUT2D eigenvalue weighted by atomic mass is 9.72. The first-order valence-electron chi connectivity index (χ1n) is 22.5. The van der Waals surface area contributed by atoms with Crippen LogP contribution in [0.5, 0.6) is 0 Å². The first-order valence-corrected chi connectivity index (χ1v) is 26.4. The molecule has 2 aliphatic carbocycles. The number of hydrogen-bond donors (Lipinski definition) is 2. The standard InChI is InChI=1S/C47H60F5N5O5S3/c1-4-46(44(48)49)30-40(46)39-29-45(2,3)20-18-34(39)31-56-24-26-57(27-25-56)36-14-12-33(13-15-36)43(58)54-65(61,62)38-16-17-41(42(28-38)64(59,60)47(50,51)52)53-35(19-23-55-21-8-9-22-55)32-63-37-10-6-5-7-11-37/h5-7,10-17,28,35,40,44,53H,4,8-9,18-27,29-32H2,1-3H3,(H,54,58). The first-order chi connectivity index (χ1) is 30.7. The Kier molecular flexibility index (Phi) is 15.0. The molecule has 0 radical (unpaired) electrons. The molecular formula is C47H60F5N5O5S3. The van der Waals surface area contributed by atoms with Crippen molar-refractivity contribution in [2.24, 2.45) is 16.7 Å². The molecule has 3 unspecified atom stereocenters. The van der Waals surface area contributed by atoms with Gasteiger partial charge in [0.05, 0.1) is 10.6 Å². The molecule has 1 amide bonds. The molecule has 3 atom stereocenters. The van der Waals surface area contributed by atoms with Gasteiger partial charge in [-0.05, 0) is 130 Å². The Hall–Kier alpha value is -3.71. The van der Waals surface area contributed by atoms with Crippen molar-refractivity contribution in [3.8, 4) is 0 Å². The van der Waals surface area contributed by atoms with Crippen LogP contribution >= 0.6 is 11.8 Å². The number of nitrogens with one attached hydrogen (secondary N) is 2. The summed E-state index contributed by atoms with van der Waals surface area (Å²) in [4.78, 5) is 18.9. The van der Waals surface area contributed by atoms with Gasteiger partial charge in [0.25, 0.3) is 25.8 Å². The van der Waals surface area contributed by atoms with Crippen molar-refractivity contribution in [3.05, 3.63) is 89.5 Å². The molecule has 2 aliphatic heterocycles. The summed E-state index contributed by atoms with van der Waals surface area (Å²) in [6.07, 6.45) is 4.04. The van der Waals surface area contributed by atoms with Gasteiger partial charge in [0.15, 0.2) is 0 Å². The largest absolute Gasteiger partial charge is 0.501 e. The molecule has 10 nitrogen and oxygen atoms in total. The fourth-order valence-corrected chi connectivity index (χ4v) is 12.6. The molecule has 3 aromatic rings. The average Bonchev–Trinajstić information content (AvgIpc) is 3.80. The van der Waals surface area contributed by atoms with Crippen molar-refractivity contribution in [3.63, 3.8) is 0 Å². The smallest absolute Gasteiger partial charge is 0.380 e. The van der Waals surface area contributed by atoms with Crippen LogP contribution in [0.25, 0.3) is 0 Å². The number of likely N-dealkylation sites (tertiary alicyclic amines) is 1. The number of carbonyl (C=O) groups excluding carboxylic acids is 1. The number of halogens is 5. The molecule has 3 aromatic carbocycles. The van der Waals surface area contributed by atoms with Crippen molar-refractivity contribution in [2.45, 2.75) is 105 Å². The SMILES string of the molecule is CCC1(C(F)F)CC1C1=C(CN2CCN(c3ccc(C(=O)NS(=O)(=O)c4ccc(NC(CCN5CCCC5)CSc5ccccc5)c(S(=O)(=O)C(F)(F)F)c4)cc3)CC2)CCC(C)(C)C1. The number of allylic oxidation sites excluding steroid dienone is 1. The highest BCUT2D eigenvalue weighted by molar-refractivity contribution is 7.99. The summed E-state index contributed by atoms with van der Waals surface area (Å²) in [5.74, 6) is -0.708. The van der Waals surface area contributed by atoms with Crippen LogP contribution in [-0.2, 0) is 19.9 Å². The van der Waals surface area contributed by atoms with Crippen molar-refractivity contribution in [2.75, 3.05) is 68.3 Å². The molecule has 2 heterocycles. The van der Waals surface area contributed by atoms with Crippen LogP contribution < -0.4 is 14.9 Å². The Bertz CT molecular complexity index is 2410. The minimum atomic E-state index is -6.05. The number of hydrogen-bond acceptors (Lipinski definition) is 10. The van der Waals surface area contributed by atoms with E-state index in [-0.39, 0.29) is 16.9 Å². The average molecular weight is 966 g/mol. The zero-order chi connectivity index (χ0) is 46.8. The van der Waals surface area contributed by atoms with Gasteiger partial charge in [-0.3, -0.25) is 9.69 Å². The molecule has 7 rings (SSSR count). The summed E-state index contributed by atoms with van der Waals surface area (Å²) >= 11 is 1.46. The third kappa shape index (κ3) is 11.5. The summed E-state index contributed by atoms with van der Waals surface area (Å²) < 4.78 is 126. The van der Waals surface area contributed by atoms with E-state index in [1.807, 2.05) is 42.0 Å². The van der Waals surface area contributed by atoms with Gasteiger partial charge in [-0.15, -0.1) is 11.8 Å². The summed E-state index contributed by atoms with van der Waals surface area (Å²) in [6, 6.07) is 17.6. The van der Waals surface area contributed by atoms with E-state index in [9.17, 15) is 43.6 Å². The Balaban J connectivity index is 1.01. The molecule has 0 aromatic heterocycles. The molecule has 2 saturated heterocycles. The summed E-state index contributed by atoms with van der Waals surface area (Å²) in [5.41, 5.74) is -3.62. The number of amides is 1. The zero-order valence-corrected chi connectivity index (χ0v) is 39.6. The van der Waals surface area contributed by atoms with E-state index in [2.05, 4.69) is 33.9 Å². The number of anilines is 2. The highest BCUT2D eigenvalue weighted by Gasteiger charge is 2.61. The number of carbonyl (C=O) groups is 1. The van der Waals surface area contributed by atoms with Crippen molar-refractivity contribution >= 4 is 48.9 Å². The minimum Gasteiger partial charge on any atom is -0.380 e. The van der Waals surface area contributed by atoms with Gasteiger partial charge < -0.3 is 15.1 Å². The number of benzene rings is 3. The van der Waals surface area contributed by atoms with Gasteiger partial charge in [0.1, 0.15) is 4.90 Å². The third-order valence-electron chi connectivity index (χ3n) is 13.8. The summed E-state index contributed by atoms with van der Waals surface area (Å²) in [5, 5.41) is 3.00. The quantitative estimate of drug-likeness (QED) is 0.0726. The second-order valence-corrected chi connectivity index (χ2v) is 23.5. The Labute approximate surface area is 384 Å². The fraction of sp³-hybridized carbons (Fsp3) is 0.553. The number of thioether (sulfide) groups is 1. The maximum atomic E-state index is 14.2. The molecule has 65 heavy (non-hydrogen) atoms. The predicted octanol–water partition coefficient (Wildman–Crippen LogP) is 9.47. The van der Waals surface area contributed by atoms with E-state index < -0.39 is 64.6 Å². The fourth-order valence-electron chi connectivity index (χ4n) is 9.62. The van der Waals surface area contributed by atoms with Gasteiger partial charge in [-0.2, -0.15) is 13.2 Å². The number of alkyl halides is 5. The summed E-state index contributed by atoms with van der Waals surface area (Å²) in [7, 11) is -10.9. The van der Waals surface area contributed by atoms with Crippen molar-refractivity contribution < 1.29 is 43.6 Å². The number of piperazine rings is 1. The number of sulfone groups is 1.